The third kappa shape index (κ3) is 4.62. The number of carbonyl (C=O) groups is 4. The van der Waals surface area contributed by atoms with Crippen LogP contribution >= 0.6 is 22.6 Å². The van der Waals surface area contributed by atoms with Crippen LogP contribution in [0.5, 0.6) is 23.0 Å². The number of rotatable bonds is 7. The molecular formula is C22H17IN2O9. The van der Waals surface area contributed by atoms with Gasteiger partial charge in [0.05, 0.1) is 15.9 Å². The molecule has 4 rings (SSSR count). The van der Waals surface area contributed by atoms with E-state index < -0.39 is 30.4 Å². The first-order chi connectivity index (χ1) is 16.3. The highest BCUT2D eigenvalue weighted by atomic mass is 127. The van der Waals surface area contributed by atoms with E-state index in [0.717, 1.165) is 4.90 Å². The van der Waals surface area contributed by atoms with Crippen molar-refractivity contribution in [2.45, 2.75) is 6.92 Å². The fourth-order valence-corrected chi connectivity index (χ4v) is 4.07. The summed E-state index contributed by atoms with van der Waals surface area (Å²) in [6.07, 6.45) is 1.32. The average Bonchev–Trinajstić information content (AvgIpc) is 3.24. The van der Waals surface area contributed by atoms with Gasteiger partial charge < -0.3 is 24.1 Å². The third-order valence-corrected chi connectivity index (χ3v) is 5.50. The molecular weight excluding hydrogens is 563 g/mol. The van der Waals surface area contributed by atoms with E-state index in [1.165, 1.54) is 24.3 Å². The van der Waals surface area contributed by atoms with E-state index >= 15 is 0 Å². The van der Waals surface area contributed by atoms with Crippen LogP contribution in [0.25, 0.3) is 6.08 Å². The highest BCUT2D eigenvalue weighted by Gasteiger charge is 2.37. The lowest BCUT2D eigenvalue weighted by molar-refractivity contribution is -0.139. The Balaban J connectivity index is 1.70. The number of carboxylic acids is 1. The molecule has 12 heteroatoms. The Kier molecular flexibility index (Phi) is 6.58. The van der Waals surface area contributed by atoms with Gasteiger partial charge in [0.15, 0.2) is 29.6 Å². The Hall–Kier alpha value is -3.81. The predicted molar refractivity (Wildman–Crippen MR) is 125 cm³/mol. The molecule has 2 aliphatic heterocycles. The Morgan fingerprint density at radius 2 is 1.94 bits per heavy atom. The minimum atomic E-state index is -1.15. The monoisotopic (exact) mass is 580 g/mol. The number of barbiturate groups is 1. The van der Waals surface area contributed by atoms with Crippen LogP contribution in [0.3, 0.4) is 0 Å². The number of amides is 4. The first kappa shape index (κ1) is 23.4. The van der Waals surface area contributed by atoms with Crippen LogP contribution in [0.1, 0.15) is 12.5 Å². The molecule has 0 radical (unpaired) electrons. The van der Waals surface area contributed by atoms with Crippen LogP contribution in [0.4, 0.5) is 10.5 Å². The number of carboxylic acid groups (broad SMARTS) is 1. The van der Waals surface area contributed by atoms with E-state index in [1.54, 1.807) is 19.1 Å². The highest BCUT2D eigenvalue weighted by Crippen LogP contribution is 2.37. The highest BCUT2D eigenvalue weighted by molar-refractivity contribution is 14.1. The van der Waals surface area contributed by atoms with Crippen molar-refractivity contribution in [2.24, 2.45) is 0 Å². The number of aliphatic carboxylic acids is 1. The van der Waals surface area contributed by atoms with E-state index in [9.17, 15) is 19.2 Å². The van der Waals surface area contributed by atoms with Gasteiger partial charge in [0.2, 0.25) is 6.79 Å². The summed E-state index contributed by atoms with van der Waals surface area (Å²) in [5.41, 5.74) is 0.330. The number of anilines is 1. The van der Waals surface area contributed by atoms with Gasteiger partial charge in [-0.15, -0.1) is 0 Å². The van der Waals surface area contributed by atoms with E-state index in [1.807, 2.05) is 22.6 Å². The van der Waals surface area contributed by atoms with Crippen LogP contribution in [0.15, 0.2) is 35.9 Å². The molecule has 176 valence electrons. The summed E-state index contributed by atoms with van der Waals surface area (Å²) in [5.74, 6) is -1.52. The Morgan fingerprint density at radius 1 is 1.18 bits per heavy atom. The zero-order chi connectivity index (χ0) is 24.4. The van der Waals surface area contributed by atoms with Crippen LogP contribution in [0.2, 0.25) is 0 Å². The number of nitrogens with one attached hydrogen (secondary N) is 1. The maximum absolute atomic E-state index is 13.2. The average molecular weight is 580 g/mol. The SMILES string of the molecule is CCOc1cc(/C=C2\C(=O)NC(=O)N(c3ccc4c(c3)OCO4)C2=O)cc(I)c1OCC(=O)O. The zero-order valence-electron chi connectivity index (χ0n) is 17.6. The third-order valence-electron chi connectivity index (χ3n) is 4.70. The summed E-state index contributed by atoms with van der Waals surface area (Å²) in [4.78, 5) is 49.9. The topological polar surface area (TPSA) is 141 Å². The number of hydrogen-bond acceptors (Lipinski definition) is 8. The first-order valence-corrected chi connectivity index (χ1v) is 11.0. The second-order valence-electron chi connectivity index (χ2n) is 6.94. The fourth-order valence-electron chi connectivity index (χ4n) is 3.29. The van der Waals surface area contributed by atoms with Crippen LogP contribution in [0, 0.1) is 3.57 Å². The molecule has 0 spiro atoms. The summed E-state index contributed by atoms with van der Waals surface area (Å²) in [6.45, 7) is 1.47. The molecule has 0 aromatic heterocycles. The van der Waals surface area contributed by atoms with Gasteiger partial charge in [0.25, 0.3) is 11.8 Å². The van der Waals surface area contributed by atoms with E-state index in [-0.39, 0.29) is 36.2 Å². The summed E-state index contributed by atoms with van der Waals surface area (Å²) in [5, 5.41) is 11.1. The van der Waals surface area contributed by atoms with Crippen molar-refractivity contribution < 1.29 is 43.2 Å². The van der Waals surface area contributed by atoms with Gasteiger partial charge in [-0.3, -0.25) is 14.9 Å². The molecule has 0 unspecified atom stereocenters. The molecule has 2 aromatic carbocycles. The van der Waals surface area contributed by atoms with Crippen molar-refractivity contribution in [1.29, 1.82) is 0 Å². The minimum absolute atomic E-state index is 0.0234. The molecule has 2 N–H and O–H groups in total. The van der Waals surface area contributed by atoms with Gasteiger partial charge in [0, 0.05) is 6.07 Å². The Bertz CT molecular complexity index is 1240. The molecule has 2 heterocycles. The van der Waals surface area contributed by atoms with Crippen molar-refractivity contribution in [3.05, 3.63) is 45.0 Å². The molecule has 2 aliphatic rings. The molecule has 4 amide bonds. The minimum Gasteiger partial charge on any atom is -0.490 e. The molecule has 0 bridgehead atoms. The number of urea groups is 1. The van der Waals surface area contributed by atoms with Crippen molar-refractivity contribution in [1.82, 2.24) is 5.32 Å². The molecule has 2 aromatic rings. The number of hydrogen-bond donors (Lipinski definition) is 2. The van der Waals surface area contributed by atoms with E-state index in [0.29, 0.717) is 20.6 Å². The number of carbonyl (C=O) groups excluding carboxylic acids is 3. The summed E-state index contributed by atoms with van der Waals surface area (Å²) in [7, 11) is 0. The van der Waals surface area contributed by atoms with Gasteiger partial charge in [0.1, 0.15) is 5.57 Å². The predicted octanol–water partition coefficient (Wildman–Crippen LogP) is 2.55. The van der Waals surface area contributed by atoms with Gasteiger partial charge in [-0.1, -0.05) is 0 Å². The summed E-state index contributed by atoms with van der Waals surface area (Å²) in [6, 6.07) is 6.74. The van der Waals surface area contributed by atoms with Crippen molar-refractivity contribution >= 4 is 58.2 Å². The van der Waals surface area contributed by atoms with E-state index in [4.69, 9.17) is 24.1 Å². The number of fused-ring (bicyclic) bond motifs is 1. The largest absolute Gasteiger partial charge is 0.490 e. The second-order valence-corrected chi connectivity index (χ2v) is 8.10. The first-order valence-electron chi connectivity index (χ1n) is 9.90. The number of halogens is 1. The second kappa shape index (κ2) is 9.59. The summed E-state index contributed by atoms with van der Waals surface area (Å²) < 4.78 is 21.9. The normalized spacial score (nSPS) is 16.0. The van der Waals surface area contributed by atoms with Crippen LogP contribution in [-0.4, -0.2) is 48.9 Å². The van der Waals surface area contributed by atoms with Crippen LogP contribution in [-0.2, 0) is 14.4 Å². The zero-order valence-corrected chi connectivity index (χ0v) is 19.8. The Labute approximate surface area is 206 Å². The molecule has 1 saturated heterocycles. The van der Waals surface area contributed by atoms with E-state index in [2.05, 4.69) is 5.32 Å². The lowest BCUT2D eigenvalue weighted by Crippen LogP contribution is -2.54. The van der Waals surface area contributed by atoms with Crippen LogP contribution < -0.4 is 29.2 Å². The molecule has 0 aliphatic carbocycles. The molecule has 1 fully saturated rings. The quantitative estimate of drug-likeness (QED) is 0.287. The fraction of sp³-hybridized carbons (Fsp3) is 0.182. The lowest BCUT2D eigenvalue weighted by atomic mass is 10.1. The molecule has 0 saturated carbocycles. The number of nitrogens with zero attached hydrogens (tertiary/aromatic N) is 1. The smallest absolute Gasteiger partial charge is 0.341 e. The maximum atomic E-state index is 13.2. The number of imide groups is 2. The van der Waals surface area contributed by atoms with Crippen molar-refractivity contribution in [3.8, 4) is 23.0 Å². The number of benzene rings is 2. The molecule has 0 atom stereocenters. The van der Waals surface area contributed by atoms with Gasteiger partial charge in [-0.05, 0) is 65.4 Å². The van der Waals surface area contributed by atoms with Gasteiger partial charge in [-0.2, -0.15) is 0 Å². The van der Waals surface area contributed by atoms with Gasteiger partial charge >= 0.3 is 12.0 Å². The van der Waals surface area contributed by atoms with Crippen molar-refractivity contribution in [3.63, 3.8) is 0 Å². The standard InChI is InChI=1S/C22H17IN2O9/c1-2-31-17-7-11(6-14(23)19(17)32-9-18(26)27)5-13-20(28)24-22(30)25(21(13)29)12-3-4-15-16(8-12)34-10-33-15/h3-8H,2,9-10H2,1H3,(H,26,27)(H,24,28,30)/b13-5+. The van der Waals surface area contributed by atoms with Gasteiger partial charge in [-0.25, -0.2) is 14.5 Å². The van der Waals surface area contributed by atoms with Crippen molar-refractivity contribution in [2.75, 3.05) is 24.9 Å². The molecule has 11 nitrogen and oxygen atoms in total. The maximum Gasteiger partial charge on any atom is 0.341 e. The molecule has 34 heavy (non-hydrogen) atoms. The summed E-state index contributed by atoms with van der Waals surface area (Å²) >= 11 is 1.93. The lowest BCUT2D eigenvalue weighted by Gasteiger charge is -2.26. The Morgan fingerprint density at radius 3 is 2.68 bits per heavy atom. The number of ether oxygens (including phenoxy) is 4.